The van der Waals surface area contributed by atoms with E-state index in [1.807, 2.05) is 28.7 Å². The van der Waals surface area contributed by atoms with E-state index in [4.69, 9.17) is 14.6 Å². The highest BCUT2D eigenvalue weighted by Gasteiger charge is 2.18. The van der Waals surface area contributed by atoms with Crippen LogP contribution in [0.25, 0.3) is 11.3 Å². The highest BCUT2D eigenvalue weighted by Crippen LogP contribution is 2.37. The first-order valence-electron chi connectivity index (χ1n) is 6.72. The lowest BCUT2D eigenvalue weighted by Gasteiger charge is -2.14. The number of nitrogens with one attached hydrogen (secondary N) is 1. The highest BCUT2D eigenvalue weighted by atomic mass is 127. The molecule has 0 atom stereocenters. The molecule has 25 heavy (non-hydrogen) atoms. The predicted molar refractivity (Wildman–Crippen MR) is 99.2 cm³/mol. The minimum Gasteiger partial charge on any atom is -0.493 e. The molecule has 0 saturated heterocycles. The van der Waals surface area contributed by atoms with Crippen LogP contribution in [0.15, 0.2) is 22.1 Å². The van der Waals surface area contributed by atoms with Gasteiger partial charge in [-0.25, -0.2) is 9.78 Å². The number of methoxy groups -OCH3 is 1. The van der Waals surface area contributed by atoms with Crippen molar-refractivity contribution in [2.45, 2.75) is 5.16 Å². The fraction of sp³-hybridized carbons (Fsp3) is 0.200. The summed E-state index contributed by atoms with van der Waals surface area (Å²) in [6.45, 7) is -0.519. The lowest BCUT2D eigenvalue weighted by atomic mass is 10.1. The van der Waals surface area contributed by atoms with Crippen molar-refractivity contribution in [1.29, 1.82) is 5.26 Å². The second-order valence-corrected chi connectivity index (χ2v) is 6.54. The maximum atomic E-state index is 12.1. The number of nitriles is 1. The number of H-pyrrole nitrogens is 1. The minimum atomic E-state index is -1.12. The summed E-state index contributed by atoms with van der Waals surface area (Å²) in [5.74, 6) is -0.572. The number of carboxylic acid groups (broad SMARTS) is 1. The molecule has 0 amide bonds. The first-order valence-corrected chi connectivity index (χ1v) is 9.02. The molecule has 8 nitrogen and oxygen atoms in total. The molecule has 2 aromatic rings. The van der Waals surface area contributed by atoms with Gasteiger partial charge in [0, 0.05) is 5.56 Å². The molecule has 1 aromatic carbocycles. The Hall–Kier alpha value is -2.26. The van der Waals surface area contributed by atoms with E-state index in [2.05, 4.69) is 9.97 Å². The van der Waals surface area contributed by atoms with E-state index in [1.54, 1.807) is 18.4 Å². The maximum absolute atomic E-state index is 12.1. The minimum absolute atomic E-state index is 0.116. The van der Waals surface area contributed by atoms with Gasteiger partial charge in [-0.15, -0.1) is 0 Å². The first-order chi connectivity index (χ1) is 11.9. The Bertz CT molecular complexity index is 923. The van der Waals surface area contributed by atoms with Gasteiger partial charge in [0.25, 0.3) is 5.56 Å². The summed E-state index contributed by atoms with van der Waals surface area (Å²) in [4.78, 5) is 29.6. The Morgan fingerprint density at radius 3 is 2.80 bits per heavy atom. The van der Waals surface area contributed by atoms with Gasteiger partial charge in [-0.3, -0.25) is 4.79 Å². The number of aromatic amines is 1. The number of nitrogens with zero attached hydrogens (tertiary/aromatic N) is 2. The van der Waals surface area contributed by atoms with Crippen LogP contribution in [-0.2, 0) is 4.79 Å². The lowest BCUT2D eigenvalue weighted by Crippen LogP contribution is -2.15. The Labute approximate surface area is 160 Å². The molecule has 0 aliphatic heterocycles. The fourth-order valence-electron chi connectivity index (χ4n) is 1.99. The Balaban J connectivity index is 2.64. The molecule has 0 spiro atoms. The smallest absolute Gasteiger partial charge is 0.341 e. The molecule has 130 valence electrons. The third kappa shape index (κ3) is 4.23. The number of thioether (sulfide) groups is 1. The van der Waals surface area contributed by atoms with E-state index in [9.17, 15) is 14.9 Å². The molecule has 2 rings (SSSR count). The maximum Gasteiger partial charge on any atom is 0.341 e. The van der Waals surface area contributed by atoms with Gasteiger partial charge in [-0.1, -0.05) is 11.8 Å². The van der Waals surface area contributed by atoms with Gasteiger partial charge < -0.3 is 19.6 Å². The third-order valence-electron chi connectivity index (χ3n) is 3.05. The van der Waals surface area contributed by atoms with E-state index in [0.717, 1.165) is 0 Å². The van der Waals surface area contributed by atoms with Crippen LogP contribution in [0.1, 0.15) is 5.56 Å². The van der Waals surface area contributed by atoms with Crippen LogP contribution in [-0.4, -0.2) is 41.0 Å². The largest absolute Gasteiger partial charge is 0.493 e. The number of rotatable bonds is 6. The summed E-state index contributed by atoms with van der Waals surface area (Å²) in [7, 11) is 1.41. The van der Waals surface area contributed by atoms with Crippen LogP contribution in [0.2, 0.25) is 0 Å². The number of hydrogen-bond acceptors (Lipinski definition) is 7. The molecule has 0 aliphatic carbocycles. The average molecular weight is 473 g/mol. The summed E-state index contributed by atoms with van der Waals surface area (Å²) in [5, 5.41) is 18.4. The van der Waals surface area contributed by atoms with Gasteiger partial charge in [-0.05, 0) is 41.0 Å². The zero-order chi connectivity index (χ0) is 18.6. The number of aliphatic carboxylic acids is 1. The van der Waals surface area contributed by atoms with Crippen molar-refractivity contribution in [1.82, 2.24) is 9.97 Å². The number of benzene rings is 1. The molecule has 0 aliphatic rings. The number of hydrogen-bond donors (Lipinski definition) is 2. The van der Waals surface area contributed by atoms with Crippen LogP contribution >= 0.6 is 34.4 Å². The number of carboxylic acids is 1. The molecule has 0 radical (unpaired) electrons. The van der Waals surface area contributed by atoms with E-state index in [1.165, 1.54) is 18.9 Å². The van der Waals surface area contributed by atoms with E-state index >= 15 is 0 Å². The number of ether oxygens (including phenoxy) is 2. The second-order valence-electron chi connectivity index (χ2n) is 4.58. The van der Waals surface area contributed by atoms with Crippen molar-refractivity contribution < 1.29 is 19.4 Å². The number of halogens is 1. The van der Waals surface area contributed by atoms with Crippen LogP contribution in [0.5, 0.6) is 11.5 Å². The molecule has 0 fully saturated rings. The molecule has 0 saturated carbocycles. The van der Waals surface area contributed by atoms with Gasteiger partial charge in [0.15, 0.2) is 23.3 Å². The molecule has 0 bridgehead atoms. The van der Waals surface area contributed by atoms with E-state index in [-0.39, 0.29) is 22.8 Å². The number of carbonyl (C=O) groups is 1. The molecular formula is C15H12IN3O5S. The molecule has 0 unspecified atom stereocenters. The summed E-state index contributed by atoms with van der Waals surface area (Å²) < 4.78 is 11.1. The zero-order valence-corrected chi connectivity index (χ0v) is 16.1. The van der Waals surface area contributed by atoms with E-state index in [0.29, 0.717) is 14.3 Å². The topological polar surface area (TPSA) is 125 Å². The summed E-state index contributed by atoms with van der Waals surface area (Å²) in [5.41, 5.74) is 0.0605. The van der Waals surface area contributed by atoms with Gasteiger partial charge in [-0.2, -0.15) is 5.26 Å². The van der Waals surface area contributed by atoms with Crippen LogP contribution < -0.4 is 15.0 Å². The average Bonchev–Trinajstić information content (AvgIpc) is 2.58. The Morgan fingerprint density at radius 2 is 2.24 bits per heavy atom. The van der Waals surface area contributed by atoms with Crippen molar-refractivity contribution in [3.8, 4) is 28.8 Å². The van der Waals surface area contributed by atoms with Gasteiger partial charge in [0.2, 0.25) is 0 Å². The van der Waals surface area contributed by atoms with Gasteiger partial charge >= 0.3 is 5.97 Å². The number of aromatic nitrogens is 2. The molecule has 2 N–H and O–H groups in total. The molecule has 1 aromatic heterocycles. The summed E-state index contributed by atoms with van der Waals surface area (Å²) >= 11 is 3.20. The summed E-state index contributed by atoms with van der Waals surface area (Å²) in [6, 6.07) is 5.05. The standard InChI is InChI=1S/C15H12IN3O5S/c1-23-10-4-7(3-9(16)13(10)24-6-11(20)21)12-8(5-17)14(22)19-15(18-12)25-2/h3-4H,6H2,1-2H3,(H,20,21)(H,18,19,22). The monoisotopic (exact) mass is 473 g/mol. The summed E-state index contributed by atoms with van der Waals surface area (Å²) in [6.07, 6.45) is 1.75. The van der Waals surface area contributed by atoms with E-state index < -0.39 is 18.1 Å². The van der Waals surface area contributed by atoms with Crippen molar-refractivity contribution in [3.05, 3.63) is 31.6 Å². The second kappa shape index (κ2) is 8.21. The van der Waals surface area contributed by atoms with Gasteiger partial charge in [0.05, 0.1) is 16.4 Å². The fourth-order valence-corrected chi connectivity index (χ4v) is 3.13. The SMILES string of the molecule is COc1cc(-c2nc(SC)[nH]c(=O)c2C#N)cc(I)c1OCC(=O)O. The molecular weight excluding hydrogens is 461 g/mol. The van der Waals surface area contributed by atoms with Crippen LogP contribution in [0, 0.1) is 14.9 Å². The Morgan fingerprint density at radius 1 is 1.52 bits per heavy atom. The molecule has 1 heterocycles. The third-order valence-corrected chi connectivity index (χ3v) is 4.43. The van der Waals surface area contributed by atoms with Gasteiger partial charge in [0.1, 0.15) is 11.6 Å². The molecule has 10 heteroatoms. The quantitative estimate of drug-likeness (QED) is 0.371. The van der Waals surface area contributed by atoms with Crippen molar-refractivity contribution >= 4 is 40.3 Å². The predicted octanol–water partition coefficient (Wildman–Crippen LogP) is 2.11. The van der Waals surface area contributed by atoms with Crippen LogP contribution in [0.4, 0.5) is 0 Å². The normalized spacial score (nSPS) is 10.2. The zero-order valence-electron chi connectivity index (χ0n) is 13.1. The van der Waals surface area contributed by atoms with Crippen molar-refractivity contribution in [3.63, 3.8) is 0 Å². The van der Waals surface area contributed by atoms with Crippen molar-refractivity contribution in [2.75, 3.05) is 20.0 Å². The van der Waals surface area contributed by atoms with Crippen LogP contribution in [0.3, 0.4) is 0 Å². The first kappa shape index (κ1) is 19.1. The lowest BCUT2D eigenvalue weighted by molar-refractivity contribution is -0.139. The van der Waals surface area contributed by atoms with Crippen molar-refractivity contribution in [2.24, 2.45) is 0 Å². The highest BCUT2D eigenvalue weighted by molar-refractivity contribution is 14.1. The Kier molecular flexibility index (Phi) is 6.27.